The Hall–Kier alpha value is -2.18. The number of hydrogen-bond donors (Lipinski definition) is 1. The second-order valence-corrected chi connectivity index (χ2v) is 6.46. The molecule has 0 unspecified atom stereocenters. The molecule has 1 heterocycles. The lowest BCUT2D eigenvalue weighted by atomic mass is 9.85. The van der Waals surface area contributed by atoms with Crippen molar-refractivity contribution in [1.82, 2.24) is 4.90 Å². The fourth-order valence-corrected chi connectivity index (χ4v) is 3.35. The molecule has 1 aliphatic carbocycles. The standard InChI is InChI=1S/C19H23NO5/c1-24-15-8-6-13(7-9-15)11-25-12-14(21)10-20-18(22)16-4-2-3-5-17(16)19(20)23/h2-3,6-9,14,16-17,21H,4-5,10-12H2,1H3/t14-,16-,17+/m0/s1. The summed E-state index contributed by atoms with van der Waals surface area (Å²) in [7, 11) is 1.61. The Kier molecular flexibility index (Phi) is 5.50. The molecule has 2 amide bonds. The first-order valence-corrected chi connectivity index (χ1v) is 8.49. The fraction of sp³-hybridized carbons (Fsp3) is 0.474. The van der Waals surface area contributed by atoms with E-state index in [1.54, 1.807) is 7.11 Å². The second-order valence-electron chi connectivity index (χ2n) is 6.46. The van der Waals surface area contributed by atoms with Crippen molar-refractivity contribution >= 4 is 11.8 Å². The second kappa shape index (κ2) is 7.80. The first-order valence-electron chi connectivity index (χ1n) is 8.49. The lowest BCUT2D eigenvalue weighted by molar-refractivity contribution is -0.142. The number of aliphatic hydroxyl groups is 1. The molecule has 1 N–H and O–H groups in total. The SMILES string of the molecule is COc1ccc(COC[C@@H](O)CN2C(=O)[C@H]3CC=CC[C@H]3C2=O)cc1. The van der Waals surface area contributed by atoms with Crippen LogP contribution in [0.2, 0.25) is 0 Å². The van der Waals surface area contributed by atoms with Crippen LogP contribution < -0.4 is 4.74 Å². The summed E-state index contributed by atoms with van der Waals surface area (Å²) in [5.74, 6) is -0.0947. The number of nitrogens with zero attached hydrogens (tertiary/aromatic N) is 1. The molecule has 6 heteroatoms. The molecule has 2 aliphatic rings. The van der Waals surface area contributed by atoms with Crippen LogP contribution in [0.4, 0.5) is 0 Å². The lowest BCUT2D eigenvalue weighted by Gasteiger charge is -2.19. The monoisotopic (exact) mass is 345 g/mol. The highest BCUT2D eigenvalue weighted by Crippen LogP contribution is 2.35. The summed E-state index contributed by atoms with van der Waals surface area (Å²) in [6, 6.07) is 7.45. The first kappa shape index (κ1) is 17.6. The zero-order valence-electron chi connectivity index (χ0n) is 14.3. The quantitative estimate of drug-likeness (QED) is 0.599. The van der Waals surface area contributed by atoms with Crippen molar-refractivity contribution in [2.75, 3.05) is 20.3 Å². The lowest BCUT2D eigenvalue weighted by Crippen LogP contribution is -2.39. The molecule has 0 aromatic heterocycles. The third-order valence-corrected chi connectivity index (χ3v) is 4.73. The number of carbonyl (C=O) groups is 2. The number of amides is 2. The van der Waals surface area contributed by atoms with E-state index >= 15 is 0 Å². The van der Waals surface area contributed by atoms with Gasteiger partial charge in [-0.2, -0.15) is 0 Å². The maximum absolute atomic E-state index is 12.3. The van der Waals surface area contributed by atoms with Crippen LogP contribution in [0.25, 0.3) is 0 Å². The van der Waals surface area contributed by atoms with E-state index in [4.69, 9.17) is 9.47 Å². The average Bonchev–Trinajstić information content (AvgIpc) is 2.88. The summed E-state index contributed by atoms with van der Waals surface area (Å²) >= 11 is 0. The van der Waals surface area contributed by atoms with Gasteiger partial charge in [0, 0.05) is 0 Å². The predicted octanol–water partition coefficient (Wildman–Crippen LogP) is 1.52. The van der Waals surface area contributed by atoms with E-state index in [9.17, 15) is 14.7 Å². The highest BCUT2D eigenvalue weighted by Gasteiger charge is 2.47. The van der Waals surface area contributed by atoms with Gasteiger partial charge in [0.1, 0.15) is 5.75 Å². The van der Waals surface area contributed by atoms with Gasteiger partial charge < -0.3 is 14.6 Å². The number of aliphatic hydroxyl groups excluding tert-OH is 1. The average molecular weight is 345 g/mol. The van der Waals surface area contributed by atoms with Gasteiger partial charge in [-0.05, 0) is 30.5 Å². The smallest absolute Gasteiger partial charge is 0.233 e. The zero-order valence-corrected chi connectivity index (χ0v) is 14.3. The Morgan fingerprint density at radius 2 is 1.72 bits per heavy atom. The van der Waals surface area contributed by atoms with E-state index in [1.807, 2.05) is 36.4 Å². The Balaban J connectivity index is 1.46. The molecule has 0 radical (unpaired) electrons. The van der Waals surface area contributed by atoms with Gasteiger partial charge >= 0.3 is 0 Å². The molecule has 0 bridgehead atoms. The third kappa shape index (κ3) is 3.91. The molecule has 134 valence electrons. The summed E-state index contributed by atoms with van der Waals surface area (Å²) in [5.41, 5.74) is 0.957. The summed E-state index contributed by atoms with van der Waals surface area (Å²) in [6.07, 6.45) is 4.22. The molecule has 1 fully saturated rings. The van der Waals surface area contributed by atoms with Gasteiger partial charge in [-0.25, -0.2) is 0 Å². The van der Waals surface area contributed by atoms with Crippen molar-refractivity contribution in [3.05, 3.63) is 42.0 Å². The maximum Gasteiger partial charge on any atom is 0.233 e. The van der Waals surface area contributed by atoms with E-state index in [2.05, 4.69) is 0 Å². The van der Waals surface area contributed by atoms with Gasteiger partial charge in [-0.3, -0.25) is 14.5 Å². The summed E-state index contributed by atoms with van der Waals surface area (Å²) < 4.78 is 10.6. The third-order valence-electron chi connectivity index (χ3n) is 4.73. The number of carbonyl (C=O) groups excluding carboxylic acids is 2. The van der Waals surface area contributed by atoms with Crippen LogP contribution in [0.1, 0.15) is 18.4 Å². The van der Waals surface area contributed by atoms with Gasteiger partial charge in [-0.1, -0.05) is 24.3 Å². The Labute approximate surface area is 147 Å². The molecular weight excluding hydrogens is 322 g/mol. The zero-order chi connectivity index (χ0) is 17.8. The highest BCUT2D eigenvalue weighted by molar-refractivity contribution is 6.05. The van der Waals surface area contributed by atoms with Crippen LogP contribution in [0, 0.1) is 11.8 Å². The van der Waals surface area contributed by atoms with Crippen LogP contribution in [-0.4, -0.2) is 48.2 Å². The number of hydrogen-bond acceptors (Lipinski definition) is 5. The number of β-amino-alcohol motifs (C(OH)–C–C–N with tert-alkyl or cyclic N) is 1. The van der Waals surface area contributed by atoms with Crippen molar-refractivity contribution < 1.29 is 24.2 Å². The van der Waals surface area contributed by atoms with E-state index in [0.29, 0.717) is 19.4 Å². The van der Waals surface area contributed by atoms with Crippen LogP contribution in [0.15, 0.2) is 36.4 Å². The molecule has 1 aromatic rings. The van der Waals surface area contributed by atoms with E-state index < -0.39 is 6.10 Å². The van der Waals surface area contributed by atoms with E-state index in [1.165, 1.54) is 4.90 Å². The molecule has 6 nitrogen and oxygen atoms in total. The molecule has 3 atom stereocenters. The van der Waals surface area contributed by atoms with Crippen molar-refractivity contribution in [2.24, 2.45) is 11.8 Å². The minimum Gasteiger partial charge on any atom is -0.497 e. The first-order chi connectivity index (χ1) is 12.1. The van der Waals surface area contributed by atoms with Crippen LogP contribution in [-0.2, 0) is 20.9 Å². The van der Waals surface area contributed by atoms with Crippen LogP contribution >= 0.6 is 0 Å². The Morgan fingerprint density at radius 1 is 1.12 bits per heavy atom. The predicted molar refractivity (Wildman–Crippen MR) is 90.7 cm³/mol. The normalized spacial score (nSPS) is 23.7. The van der Waals surface area contributed by atoms with E-state index in [0.717, 1.165) is 11.3 Å². The fourth-order valence-electron chi connectivity index (χ4n) is 3.35. The van der Waals surface area contributed by atoms with Gasteiger partial charge in [0.25, 0.3) is 0 Å². The summed E-state index contributed by atoms with van der Waals surface area (Å²) in [4.78, 5) is 25.9. The van der Waals surface area contributed by atoms with Crippen LogP contribution in [0.3, 0.4) is 0 Å². The number of methoxy groups -OCH3 is 1. The number of imide groups is 1. The number of allylic oxidation sites excluding steroid dienone is 2. The van der Waals surface area contributed by atoms with Crippen molar-refractivity contribution in [3.63, 3.8) is 0 Å². The van der Waals surface area contributed by atoms with Gasteiger partial charge in [0.05, 0.1) is 44.8 Å². The number of ether oxygens (including phenoxy) is 2. The summed E-state index contributed by atoms with van der Waals surface area (Å²) in [5, 5.41) is 10.1. The number of benzene rings is 1. The molecule has 3 rings (SSSR count). The number of fused-ring (bicyclic) bond motifs is 1. The Morgan fingerprint density at radius 3 is 2.28 bits per heavy atom. The van der Waals surface area contributed by atoms with Crippen molar-refractivity contribution in [2.45, 2.75) is 25.6 Å². The van der Waals surface area contributed by atoms with Crippen molar-refractivity contribution in [3.8, 4) is 5.75 Å². The molecule has 1 saturated heterocycles. The maximum atomic E-state index is 12.3. The van der Waals surface area contributed by atoms with Crippen LogP contribution in [0.5, 0.6) is 5.75 Å². The number of rotatable bonds is 7. The molecule has 25 heavy (non-hydrogen) atoms. The summed E-state index contributed by atoms with van der Waals surface area (Å²) in [6.45, 7) is 0.405. The topological polar surface area (TPSA) is 76.1 Å². The highest BCUT2D eigenvalue weighted by atomic mass is 16.5. The minimum absolute atomic E-state index is 0.00667. The minimum atomic E-state index is -0.890. The van der Waals surface area contributed by atoms with Gasteiger partial charge in [0.15, 0.2) is 0 Å². The molecular formula is C19H23NO5. The largest absolute Gasteiger partial charge is 0.497 e. The van der Waals surface area contributed by atoms with E-state index in [-0.39, 0.29) is 36.8 Å². The Bertz CT molecular complexity index is 628. The molecule has 1 aromatic carbocycles. The van der Waals surface area contributed by atoms with Gasteiger partial charge in [-0.15, -0.1) is 0 Å². The molecule has 0 spiro atoms. The van der Waals surface area contributed by atoms with Gasteiger partial charge in [0.2, 0.25) is 11.8 Å². The number of likely N-dealkylation sites (tertiary alicyclic amines) is 1. The van der Waals surface area contributed by atoms with Crippen molar-refractivity contribution in [1.29, 1.82) is 0 Å². The molecule has 1 aliphatic heterocycles. The molecule has 0 saturated carbocycles.